The van der Waals surface area contributed by atoms with E-state index in [4.69, 9.17) is 0 Å². The van der Waals surface area contributed by atoms with Gasteiger partial charge in [-0.3, -0.25) is 4.79 Å². The molecule has 0 bridgehead atoms. The maximum absolute atomic E-state index is 12.9. The van der Waals surface area contributed by atoms with Gasteiger partial charge < -0.3 is 4.90 Å². The van der Waals surface area contributed by atoms with Crippen LogP contribution in [0.15, 0.2) is 48.5 Å². The minimum atomic E-state index is -0.223. The number of rotatable bonds is 5. The van der Waals surface area contributed by atoms with Gasteiger partial charge in [0.25, 0.3) is 0 Å². The second kappa shape index (κ2) is 6.33. The maximum Gasteiger partial charge on any atom is 0.162 e. The van der Waals surface area contributed by atoms with Crippen LogP contribution in [0, 0.1) is 5.82 Å². The molecule has 0 aliphatic rings. The number of benzene rings is 2. The van der Waals surface area contributed by atoms with Crippen molar-refractivity contribution < 1.29 is 9.18 Å². The van der Waals surface area contributed by atoms with Gasteiger partial charge >= 0.3 is 0 Å². The van der Waals surface area contributed by atoms with Crippen LogP contribution in [-0.2, 0) is 6.54 Å². The molecule has 104 valence electrons. The molecule has 20 heavy (non-hydrogen) atoms. The number of anilines is 1. The lowest BCUT2D eigenvalue weighted by Crippen LogP contribution is -2.16. The lowest BCUT2D eigenvalue weighted by atomic mass is 10.1. The summed E-state index contributed by atoms with van der Waals surface area (Å²) in [7, 11) is 1.97. The molecule has 0 aliphatic heterocycles. The fraction of sp³-hybridized carbons (Fsp3) is 0.235. The molecule has 3 heteroatoms. The molecule has 0 saturated carbocycles. The maximum atomic E-state index is 12.9. The minimum absolute atomic E-state index is 0.151. The number of hydrogen-bond acceptors (Lipinski definition) is 2. The molecule has 0 atom stereocenters. The first-order chi connectivity index (χ1) is 9.60. The fourth-order valence-electron chi connectivity index (χ4n) is 2.06. The summed E-state index contributed by atoms with van der Waals surface area (Å²) >= 11 is 0. The van der Waals surface area contributed by atoms with E-state index in [0.717, 1.165) is 16.8 Å². The molecule has 2 rings (SSSR count). The Hall–Kier alpha value is -2.16. The van der Waals surface area contributed by atoms with E-state index in [2.05, 4.69) is 4.90 Å². The molecule has 0 spiro atoms. The highest BCUT2D eigenvalue weighted by Gasteiger charge is 2.05. The Morgan fingerprint density at radius 2 is 1.65 bits per heavy atom. The standard InChI is InChI=1S/C17H18FNO/c1-3-17(20)14-6-10-16(11-7-14)19(2)12-13-4-8-15(18)9-5-13/h4-11H,3,12H2,1-2H3. The van der Waals surface area contributed by atoms with Crippen LogP contribution < -0.4 is 4.90 Å². The second-order valence-corrected chi connectivity index (χ2v) is 4.81. The SMILES string of the molecule is CCC(=O)c1ccc(N(C)Cc2ccc(F)cc2)cc1. The van der Waals surface area contributed by atoms with Gasteiger partial charge in [0.1, 0.15) is 5.82 Å². The smallest absolute Gasteiger partial charge is 0.162 e. The fourth-order valence-corrected chi connectivity index (χ4v) is 2.06. The minimum Gasteiger partial charge on any atom is -0.370 e. The van der Waals surface area contributed by atoms with Crippen LogP contribution in [0.5, 0.6) is 0 Å². The largest absolute Gasteiger partial charge is 0.370 e. The first-order valence-electron chi connectivity index (χ1n) is 6.69. The summed E-state index contributed by atoms with van der Waals surface area (Å²) in [5.41, 5.74) is 2.82. The van der Waals surface area contributed by atoms with Crippen molar-refractivity contribution in [2.45, 2.75) is 19.9 Å². The van der Waals surface area contributed by atoms with E-state index < -0.39 is 0 Å². The van der Waals surface area contributed by atoms with E-state index >= 15 is 0 Å². The molecule has 2 aromatic rings. The molecule has 2 nitrogen and oxygen atoms in total. The van der Waals surface area contributed by atoms with Crippen molar-refractivity contribution in [3.8, 4) is 0 Å². The van der Waals surface area contributed by atoms with Gasteiger partial charge in [-0.15, -0.1) is 0 Å². The lowest BCUT2D eigenvalue weighted by molar-refractivity contribution is 0.0988. The average molecular weight is 271 g/mol. The molecule has 0 amide bonds. The van der Waals surface area contributed by atoms with Crippen molar-refractivity contribution in [3.05, 3.63) is 65.5 Å². The Bertz CT molecular complexity index is 575. The second-order valence-electron chi connectivity index (χ2n) is 4.81. The lowest BCUT2D eigenvalue weighted by Gasteiger charge is -2.19. The number of ketones is 1. The third-order valence-electron chi connectivity index (χ3n) is 3.28. The van der Waals surface area contributed by atoms with Crippen molar-refractivity contribution in [2.24, 2.45) is 0 Å². The summed E-state index contributed by atoms with van der Waals surface area (Å²) < 4.78 is 12.9. The van der Waals surface area contributed by atoms with Gasteiger partial charge in [0.2, 0.25) is 0 Å². The number of hydrogen-bond donors (Lipinski definition) is 0. The third-order valence-corrected chi connectivity index (χ3v) is 3.28. The van der Waals surface area contributed by atoms with Crippen molar-refractivity contribution in [3.63, 3.8) is 0 Å². The average Bonchev–Trinajstić information content (AvgIpc) is 2.49. The molecule has 0 aliphatic carbocycles. The predicted octanol–water partition coefficient (Wildman–Crippen LogP) is 4.05. The Labute approximate surface area is 118 Å². The molecule has 0 N–H and O–H groups in total. The normalized spacial score (nSPS) is 10.3. The van der Waals surface area contributed by atoms with Crippen LogP contribution in [0.4, 0.5) is 10.1 Å². The van der Waals surface area contributed by atoms with Gasteiger partial charge in [0.15, 0.2) is 5.78 Å². The van der Waals surface area contributed by atoms with Crippen molar-refractivity contribution in [2.75, 3.05) is 11.9 Å². The summed E-state index contributed by atoms with van der Waals surface area (Å²) in [5.74, 6) is -0.0726. The third kappa shape index (κ3) is 3.44. The highest BCUT2D eigenvalue weighted by molar-refractivity contribution is 5.96. The number of carbonyl (C=O) groups is 1. The van der Waals surface area contributed by atoms with E-state index in [1.54, 1.807) is 12.1 Å². The highest BCUT2D eigenvalue weighted by atomic mass is 19.1. The summed E-state index contributed by atoms with van der Waals surface area (Å²) in [6.45, 7) is 2.55. The summed E-state index contributed by atoms with van der Waals surface area (Å²) in [6.07, 6.45) is 0.519. The molecule has 0 saturated heterocycles. The number of carbonyl (C=O) groups excluding carboxylic acids is 1. The van der Waals surface area contributed by atoms with Gasteiger partial charge in [-0.05, 0) is 42.0 Å². The zero-order chi connectivity index (χ0) is 14.5. The monoisotopic (exact) mass is 271 g/mol. The van der Waals surface area contributed by atoms with Crippen LogP contribution in [0.3, 0.4) is 0 Å². The van der Waals surface area contributed by atoms with Crippen molar-refractivity contribution >= 4 is 11.5 Å². The van der Waals surface area contributed by atoms with Crippen LogP contribution in [0.2, 0.25) is 0 Å². The van der Waals surface area contributed by atoms with Crippen LogP contribution >= 0.6 is 0 Å². The van der Waals surface area contributed by atoms with Gasteiger partial charge in [-0.1, -0.05) is 19.1 Å². The van der Waals surface area contributed by atoms with Crippen molar-refractivity contribution in [1.82, 2.24) is 0 Å². The Balaban J connectivity index is 2.07. The van der Waals surface area contributed by atoms with Crippen molar-refractivity contribution in [1.29, 1.82) is 0 Å². The first-order valence-corrected chi connectivity index (χ1v) is 6.69. The topological polar surface area (TPSA) is 20.3 Å². The van der Waals surface area contributed by atoms with Gasteiger partial charge in [0.05, 0.1) is 0 Å². The van der Waals surface area contributed by atoms with Crippen LogP contribution in [0.1, 0.15) is 29.3 Å². The summed E-state index contributed by atoms with van der Waals surface area (Å²) in [4.78, 5) is 13.6. The number of Topliss-reactive ketones (excluding diaryl/α,β-unsaturated/α-hetero) is 1. The summed E-state index contributed by atoms with van der Waals surface area (Å²) in [5, 5.41) is 0. The van der Waals surface area contributed by atoms with E-state index in [1.807, 2.05) is 38.2 Å². The van der Waals surface area contributed by atoms with E-state index in [1.165, 1.54) is 12.1 Å². The summed E-state index contributed by atoms with van der Waals surface area (Å²) in [6, 6.07) is 14.1. The molecular formula is C17H18FNO. The van der Waals surface area contributed by atoms with Gasteiger partial charge in [-0.25, -0.2) is 4.39 Å². The van der Waals surface area contributed by atoms with E-state index in [-0.39, 0.29) is 11.6 Å². The quantitative estimate of drug-likeness (QED) is 0.764. The molecule has 2 aromatic carbocycles. The molecule has 0 heterocycles. The Morgan fingerprint density at radius 3 is 2.20 bits per heavy atom. The van der Waals surface area contributed by atoms with E-state index in [0.29, 0.717) is 13.0 Å². The predicted molar refractivity (Wildman–Crippen MR) is 79.6 cm³/mol. The highest BCUT2D eigenvalue weighted by Crippen LogP contribution is 2.17. The first kappa shape index (κ1) is 14.3. The van der Waals surface area contributed by atoms with Crippen LogP contribution in [0.25, 0.3) is 0 Å². The number of nitrogens with zero attached hydrogens (tertiary/aromatic N) is 1. The van der Waals surface area contributed by atoms with Crippen LogP contribution in [-0.4, -0.2) is 12.8 Å². The van der Waals surface area contributed by atoms with Gasteiger partial charge in [0, 0.05) is 31.3 Å². The molecule has 0 unspecified atom stereocenters. The number of halogens is 1. The Morgan fingerprint density at radius 1 is 1.05 bits per heavy atom. The molecule has 0 radical (unpaired) electrons. The molecular weight excluding hydrogens is 253 g/mol. The zero-order valence-electron chi connectivity index (χ0n) is 11.8. The van der Waals surface area contributed by atoms with E-state index in [9.17, 15) is 9.18 Å². The molecule has 0 fully saturated rings. The zero-order valence-corrected chi connectivity index (χ0v) is 11.8. The Kier molecular flexibility index (Phi) is 4.51. The molecule has 0 aromatic heterocycles. The van der Waals surface area contributed by atoms with Gasteiger partial charge in [-0.2, -0.15) is 0 Å².